The van der Waals surface area contributed by atoms with Crippen LogP contribution < -0.4 is 14.5 Å². The Hall–Kier alpha value is -2.55. The van der Waals surface area contributed by atoms with Crippen molar-refractivity contribution in [1.29, 1.82) is 0 Å². The molecule has 0 saturated heterocycles. The first-order valence-corrected chi connectivity index (χ1v) is 10.6. The number of hydrogen-bond acceptors (Lipinski definition) is 6. The standard InChI is InChI=1S/C18H26N4O4S/c1-5-21(6-2)15-7-9-16(10-8-15)22(27(4,24)25)12-11-18(23)19-17-13-14(3)26-20-17/h7-10,13H,5-6,11-12H2,1-4H3,(H,19,20,23). The Morgan fingerprint density at radius 1 is 1.15 bits per heavy atom. The Balaban J connectivity index is 2.08. The van der Waals surface area contributed by atoms with Gasteiger partial charge in [0.15, 0.2) is 5.82 Å². The number of aromatic nitrogens is 1. The number of sulfonamides is 1. The number of benzene rings is 1. The summed E-state index contributed by atoms with van der Waals surface area (Å²) in [7, 11) is -3.52. The highest BCUT2D eigenvalue weighted by Crippen LogP contribution is 2.23. The molecule has 0 spiro atoms. The smallest absolute Gasteiger partial charge is 0.232 e. The highest BCUT2D eigenvalue weighted by Gasteiger charge is 2.19. The van der Waals surface area contributed by atoms with E-state index in [1.54, 1.807) is 25.1 Å². The summed E-state index contributed by atoms with van der Waals surface area (Å²) in [5.41, 5.74) is 1.55. The van der Waals surface area contributed by atoms with E-state index >= 15 is 0 Å². The van der Waals surface area contributed by atoms with Gasteiger partial charge in [-0.1, -0.05) is 5.16 Å². The molecule has 2 aromatic rings. The normalized spacial score (nSPS) is 11.3. The average molecular weight is 394 g/mol. The first-order chi connectivity index (χ1) is 12.7. The second-order valence-corrected chi connectivity index (χ2v) is 8.05. The van der Waals surface area contributed by atoms with Crippen molar-refractivity contribution in [1.82, 2.24) is 5.16 Å². The molecule has 0 atom stereocenters. The lowest BCUT2D eigenvalue weighted by molar-refractivity contribution is -0.116. The molecule has 1 aromatic heterocycles. The highest BCUT2D eigenvalue weighted by molar-refractivity contribution is 7.92. The van der Waals surface area contributed by atoms with E-state index in [2.05, 4.69) is 29.2 Å². The summed E-state index contributed by atoms with van der Waals surface area (Å²) >= 11 is 0. The van der Waals surface area contributed by atoms with Gasteiger partial charge >= 0.3 is 0 Å². The van der Waals surface area contributed by atoms with Gasteiger partial charge in [-0.2, -0.15) is 0 Å². The van der Waals surface area contributed by atoms with E-state index in [0.717, 1.165) is 25.0 Å². The number of anilines is 3. The van der Waals surface area contributed by atoms with Gasteiger partial charge in [0.1, 0.15) is 5.76 Å². The molecule has 0 radical (unpaired) electrons. The summed E-state index contributed by atoms with van der Waals surface area (Å²) in [6.45, 7) is 7.62. The molecule has 9 heteroatoms. The molecule has 1 N–H and O–H groups in total. The molecule has 1 heterocycles. The van der Waals surface area contributed by atoms with Gasteiger partial charge in [-0.3, -0.25) is 9.10 Å². The van der Waals surface area contributed by atoms with Crippen LogP contribution in [-0.2, 0) is 14.8 Å². The molecule has 27 heavy (non-hydrogen) atoms. The third-order valence-electron chi connectivity index (χ3n) is 4.10. The summed E-state index contributed by atoms with van der Waals surface area (Å²) in [5.74, 6) is 0.556. The summed E-state index contributed by atoms with van der Waals surface area (Å²) < 4.78 is 30.5. The summed E-state index contributed by atoms with van der Waals surface area (Å²) in [5, 5.41) is 6.28. The Labute approximate surface area is 160 Å². The predicted molar refractivity (Wildman–Crippen MR) is 107 cm³/mol. The SMILES string of the molecule is CCN(CC)c1ccc(N(CCC(=O)Nc2cc(C)on2)S(C)(=O)=O)cc1. The second kappa shape index (κ2) is 8.90. The van der Waals surface area contributed by atoms with E-state index in [9.17, 15) is 13.2 Å². The van der Waals surface area contributed by atoms with Crippen LogP contribution in [0, 0.1) is 6.92 Å². The van der Waals surface area contributed by atoms with Gasteiger partial charge in [-0.25, -0.2) is 8.42 Å². The molecule has 0 unspecified atom stereocenters. The minimum atomic E-state index is -3.52. The largest absolute Gasteiger partial charge is 0.372 e. The second-order valence-electron chi connectivity index (χ2n) is 6.14. The van der Waals surface area contributed by atoms with Gasteiger partial charge in [-0.05, 0) is 45.0 Å². The van der Waals surface area contributed by atoms with Gasteiger partial charge in [0.25, 0.3) is 0 Å². The molecular formula is C18H26N4O4S. The van der Waals surface area contributed by atoms with E-state index in [1.807, 2.05) is 12.1 Å². The van der Waals surface area contributed by atoms with Crippen molar-refractivity contribution in [2.75, 3.05) is 40.4 Å². The topological polar surface area (TPSA) is 95.8 Å². The van der Waals surface area contributed by atoms with Gasteiger partial charge in [0.2, 0.25) is 15.9 Å². The fourth-order valence-electron chi connectivity index (χ4n) is 2.74. The van der Waals surface area contributed by atoms with E-state index < -0.39 is 10.0 Å². The van der Waals surface area contributed by atoms with Crippen LogP contribution in [0.4, 0.5) is 17.2 Å². The molecule has 0 fully saturated rings. The quantitative estimate of drug-likeness (QED) is 0.702. The number of nitrogens with one attached hydrogen (secondary N) is 1. The van der Waals surface area contributed by atoms with Crippen molar-refractivity contribution in [3.8, 4) is 0 Å². The van der Waals surface area contributed by atoms with Crippen molar-refractivity contribution in [2.24, 2.45) is 0 Å². The summed E-state index contributed by atoms with van der Waals surface area (Å²) in [4.78, 5) is 14.3. The average Bonchev–Trinajstić information content (AvgIpc) is 3.01. The number of carbonyl (C=O) groups excluding carboxylic acids is 1. The molecule has 0 aliphatic rings. The highest BCUT2D eigenvalue weighted by atomic mass is 32.2. The Morgan fingerprint density at radius 2 is 1.74 bits per heavy atom. The zero-order chi connectivity index (χ0) is 20.0. The number of rotatable bonds is 9. The van der Waals surface area contributed by atoms with Crippen LogP contribution in [0.25, 0.3) is 0 Å². The third-order valence-corrected chi connectivity index (χ3v) is 5.30. The molecule has 1 amide bonds. The Kier molecular flexibility index (Phi) is 6.84. The van der Waals surface area contributed by atoms with Crippen LogP contribution >= 0.6 is 0 Å². The molecule has 0 aliphatic heterocycles. The minimum Gasteiger partial charge on any atom is -0.372 e. The van der Waals surface area contributed by atoms with Crippen molar-refractivity contribution in [2.45, 2.75) is 27.2 Å². The third kappa shape index (κ3) is 5.72. The first-order valence-electron chi connectivity index (χ1n) is 8.80. The maximum Gasteiger partial charge on any atom is 0.232 e. The van der Waals surface area contributed by atoms with E-state index in [-0.39, 0.29) is 18.9 Å². The zero-order valence-corrected chi connectivity index (χ0v) is 16.9. The van der Waals surface area contributed by atoms with Gasteiger partial charge in [0, 0.05) is 37.8 Å². The number of carbonyl (C=O) groups is 1. The number of nitrogens with zero attached hydrogens (tertiary/aromatic N) is 3. The van der Waals surface area contributed by atoms with Gasteiger partial charge < -0.3 is 14.7 Å². The van der Waals surface area contributed by atoms with Crippen LogP contribution in [0.15, 0.2) is 34.9 Å². The fourth-order valence-corrected chi connectivity index (χ4v) is 3.67. The molecule has 0 saturated carbocycles. The lowest BCUT2D eigenvalue weighted by Gasteiger charge is -2.24. The minimum absolute atomic E-state index is 0.00320. The maximum atomic E-state index is 12.2. The van der Waals surface area contributed by atoms with E-state index in [0.29, 0.717) is 17.3 Å². The van der Waals surface area contributed by atoms with Crippen LogP contribution in [0.5, 0.6) is 0 Å². The Bertz CT molecular complexity index is 858. The lowest BCUT2D eigenvalue weighted by Crippen LogP contribution is -2.33. The first kappa shape index (κ1) is 20.8. The lowest BCUT2D eigenvalue weighted by atomic mass is 10.2. The van der Waals surface area contributed by atoms with Crippen molar-refractivity contribution in [3.05, 3.63) is 36.1 Å². The molecule has 2 rings (SSSR count). The molecular weight excluding hydrogens is 368 g/mol. The number of aryl methyl sites for hydroxylation is 1. The zero-order valence-electron chi connectivity index (χ0n) is 16.1. The van der Waals surface area contributed by atoms with Crippen molar-refractivity contribution in [3.63, 3.8) is 0 Å². The summed E-state index contributed by atoms with van der Waals surface area (Å²) in [6.07, 6.45) is 1.13. The molecule has 148 valence electrons. The predicted octanol–water partition coefficient (Wildman–Crippen LogP) is 2.62. The molecule has 0 aliphatic carbocycles. The molecule has 8 nitrogen and oxygen atoms in total. The van der Waals surface area contributed by atoms with Crippen molar-refractivity contribution >= 4 is 33.1 Å². The maximum absolute atomic E-state index is 12.2. The summed E-state index contributed by atoms with van der Waals surface area (Å²) in [6, 6.07) is 8.89. The monoisotopic (exact) mass is 394 g/mol. The van der Waals surface area contributed by atoms with Crippen LogP contribution in [-0.4, -0.2) is 45.4 Å². The van der Waals surface area contributed by atoms with E-state index in [4.69, 9.17) is 4.52 Å². The van der Waals surface area contributed by atoms with Gasteiger partial charge in [0.05, 0.1) is 11.9 Å². The van der Waals surface area contributed by atoms with Crippen LogP contribution in [0.1, 0.15) is 26.0 Å². The van der Waals surface area contributed by atoms with Gasteiger partial charge in [-0.15, -0.1) is 0 Å². The van der Waals surface area contributed by atoms with E-state index in [1.165, 1.54) is 4.31 Å². The van der Waals surface area contributed by atoms with Crippen molar-refractivity contribution < 1.29 is 17.7 Å². The van der Waals surface area contributed by atoms with Crippen LogP contribution in [0.2, 0.25) is 0 Å². The molecule has 0 bridgehead atoms. The van der Waals surface area contributed by atoms with Crippen LogP contribution in [0.3, 0.4) is 0 Å². The molecule has 1 aromatic carbocycles. The number of hydrogen-bond donors (Lipinski definition) is 1. The Morgan fingerprint density at radius 3 is 2.22 bits per heavy atom. The number of amides is 1. The fraction of sp³-hybridized carbons (Fsp3) is 0.444.